The molecule has 1 aliphatic carbocycles. The van der Waals surface area contributed by atoms with Crippen LogP contribution in [0, 0.1) is 5.92 Å². The van der Waals surface area contributed by atoms with Crippen molar-refractivity contribution in [2.24, 2.45) is 11.7 Å². The molecule has 0 radical (unpaired) electrons. The van der Waals surface area contributed by atoms with E-state index in [0.29, 0.717) is 19.8 Å². The lowest BCUT2D eigenvalue weighted by Crippen LogP contribution is -2.34. The van der Waals surface area contributed by atoms with Crippen LogP contribution >= 0.6 is 0 Å². The summed E-state index contributed by atoms with van der Waals surface area (Å²) < 4.78 is 10.4. The van der Waals surface area contributed by atoms with Gasteiger partial charge in [-0.05, 0) is 30.5 Å². The van der Waals surface area contributed by atoms with Gasteiger partial charge < -0.3 is 20.5 Å². The minimum atomic E-state index is -0.0633. The normalized spacial score (nSPS) is 21.4. The fraction of sp³-hybridized carbons (Fsp3) is 0.562. The number of hydrogen-bond donors (Lipinski definition) is 2. The summed E-state index contributed by atoms with van der Waals surface area (Å²) in [4.78, 5) is 12.2. The first-order valence-electron chi connectivity index (χ1n) is 7.43. The van der Waals surface area contributed by atoms with Crippen LogP contribution in [-0.4, -0.2) is 32.3 Å². The molecular weight excluding hydrogens is 268 g/mol. The monoisotopic (exact) mass is 292 g/mol. The Morgan fingerprint density at radius 3 is 2.95 bits per heavy atom. The first-order chi connectivity index (χ1) is 10.2. The molecule has 116 valence electrons. The van der Waals surface area contributed by atoms with Crippen LogP contribution in [0.4, 0.5) is 5.69 Å². The SMILES string of the molecule is COCCOCc1cccc(NC(=O)C2CCCC2N)c1. The maximum absolute atomic E-state index is 12.2. The van der Waals surface area contributed by atoms with Gasteiger partial charge in [0, 0.05) is 18.8 Å². The van der Waals surface area contributed by atoms with E-state index in [-0.39, 0.29) is 17.9 Å². The second-order valence-electron chi connectivity index (χ2n) is 5.44. The topological polar surface area (TPSA) is 73.6 Å². The van der Waals surface area contributed by atoms with Gasteiger partial charge in [-0.2, -0.15) is 0 Å². The third-order valence-electron chi connectivity index (χ3n) is 3.80. The van der Waals surface area contributed by atoms with E-state index in [1.807, 2.05) is 24.3 Å². The quantitative estimate of drug-likeness (QED) is 0.753. The smallest absolute Gasteiger partial charge is 0.229 e. The molecule has 3 N–H and O–H groups in total. The Morgan fingerprint density at radius 1 is 1.38 bits per heavy atom. The van der Waals surface area contributed by atoms with E-state index >= 15 is 0 Å². The van der Waals surface area contributed by atoms with Crippen molar-refractivity contribution < 1.29 is 14.3 Å². The molecule has 1 saturated carbocycles. The Bertz CT molecular complexity index is 465. The van der Waals surface area contributed by atoms with Crippen molar-refractivity contribution in [2.45, 2.75) is 31.9 Å². The number of nitrogens with two attached hydrogens (primary N) is 1. The van der Waals surface area contributed by atoms with E-state index in [2.05, 4.69) is 5.32 Å². The molecule has 0 aliphatic heterocycles. The van der Waals surface area contributed by atoms with Gasteiger partial charge in [-0.15, -0.1) is 0 Å². The third-order valence-corrected chi connectivity index (χ3v) is 3.80. The van der Waals surface area contributed by atoms with Crippen LogP contribution in [0.3, 0.4) is 0 Å². The number of amides is 1. The van der Waals surface area contributed by atoms with Crippen molar-refractivity contribution >= 4 is 11.6 Å². The lowest BCUT2D eigenvalue weighted by molar-refractivity contribution is -0.120. The van der Waals surface area contributed by atoms with Gasteiger partial charge >= 0.3 is 0 Å². The lowest BCUT2D eigenvalue weighted by Gasteiger charge is -2.15. The Morgan fingerprint density at radius 2 is 2.24 bits per heavy atom. The summed E-state index contributed by atoms with van der Waals surface area (Å²) in [5.41, 5.74) is 7.79. The number of rotatable bonds is 7. The summed E-state index contributed by atoms with van der Waals surface area (Å²) in [6.07, 6.45) is 2.85. The van der Waals surface area contributed by atoms with E-state index in [1.54, 1.807) is 7.11 Å². The molecule has 21 heavy (non-hydrogen) atoms. The fourth-order valence-corrected chi connectivity index (χ4v) is 2.62. The molecule has 5 heteroatoms. The molecule has 1 fully saturated rings. The fourth-order valence-electron chi connectivity index (χ4n) is 2.62. The predicted molar refractivity (Wildman–Crippen MR) is 81.9 cm³/mol. The Balaban J connectivity index is 1.86. The van der Waals surface area contributed by atoms with Crippen molar-refractivity contribution in [3.63, 3.8) is 0 Å². The van der Waals surface area contributed by atoms with Crippen molar-refractivity contribution in [1.82, 2.24) is 0 Å². The van der Waals surface area contributed by atoms with Crippen molar-refractivity contribution in [2.75, 3.05) is 25.6 Å². The Labute approximate surface area is 125 Å². The molecular formula is C16H24N2O3. The molecule has 1 aromatic carbocycles. The van der Waals surface area contributed by atoms with E-state index < -0.39 is 0 Å². The minimum absolute atomic E-state index is 0.00874. The summed E-state index contributed by atoms with van der Waals surface area (Å²) in [7, 11) is 1.65. The van der Waals surface area contributed by atoms with Crippen LogP contribution in [-0.2, 0) is 20.9 Å². The van der Waals surface area contributed by atoms with Gasteiger partial charge in [0.25, 0.3) is 0 Å². The second kappa shape index (κ2) is 8.12. The van der Waals surface area contributed by atoms with Crippen molar-refractivity contribution in [3.8, 4) is 0 Å². The van der Waals surface area contributed by atoms with Gasteiger partial charge in [0.15, 0.2) is 0 Å². The van der Waals surface area contributed by atoms with Crippen LogP contribution < -0.4 is 11.1 Å². The molecule has 1 amide bonds. The summed E-state index contributed by atoms with van der Waals surface area (Å²) in [6.45, 7) is 1.65. The van der Waals surface area contributed by atoms with Gasteiger partial charge in [-0.1, -0.05) is 18.6 Å². The van der Waals surface area contributed by atoms with E-state index in [1.165, 1.54) is 0 Å². The Kier molecular flexibility index (Phi) is 6.17. The van der Waals surface area contributed by atoms with Gasteiger partial charge in [-0.3, -0.25) is 4.79 Å². The number of nitrogens with one attached hydrogen (secondary N) is 1. The van der Waals surface area contributed by atoms with Crippen LogP contribution in [0.15, 0.2) is 24.3 Å². The first-order valence-corrected chi connectivity index (χ1v) is 7.43. The molecule has 0 spiro atoms. The van der Waals surface area contributed by atoms with E-state index in [0.717, 1.165) is 30.5 Å². The standard InChI is InChI=1S/C16H24N2O3/c1-20-8-9-21-11-12-4-2-5-13(10-12)18-16(19)14-6-3-7-15(14)17/h2,4-5,10,14-15H,3,6-9,11,17H2,1H3,(H,18,19). The van der Waals surface area contributed by atoms with Gasteiger partial charge in [0.05, 0.1) is 25.7 Å². The maximum Gasteiger partial charge on any atom is 0.229 e. The maximum atomic E-state index is 12.2. The zero-order chi connectivity index (χ0) is 15.1. The predicted octanol–water partition coefficient (Wildman–Crippen LogP) is 1.92. The molecule has 0 aromatic heterocycles. The number of methoxy groups -OCH3 is 1. The molecule has 0 saturated heterocycles. The van der Waals surface area contributed by atoms with Crippen LogP contribution in [0.2, 0.25) is 0 Å². The van der Waals surface area contributed by atoms with Crippen LogP contribution in [0.1, 0.15) is 24.8 Å². The highest BCUT2D eigenvalue weighted by Gasteiger charge is 2.30. The van der Waals surface area contributed by atoms with Gasteiger partial charge in [0.1, 0.15) is 0 Å². The summed E-state index contributed by atoms with van der Waals surface area (Å²) in [5.74, 6) is -0.0379. The van der Waals surface area contributed by atoms with Crippen molar-refractivity contribution in [3.05, 3.63) is 29.8 Å². The number of anilines is 1. The van der Waals surface area contributed by atoms with Crippen LogP contribution in [0.25, 0.3) is 0 Å². The third kappa shape index (κ3) is 4.81. The molecule has 1 aliphatic rings. The molecule has 0 heterocycles. The molecule has 5 nitrogen and oxygen atoms in total. The highest BCUT2D eigenvalue weighted by molar-refractivity contribution is 5.93. The molecule has 2 unspecified atom stereocenters. The van der Waals surface area contributed by atoms with E-state index in [4.69, 9.17) is 15.2 Å². The highest BCUT2D eigenvalue weighted by Crippen LogP contribution is 2.25. The molecule has 1 aromatic rings. The van der Waals surface area contributed by atoms with E-state index in [9.17, 15) is 4.79 Å². The van der Waals surface area contributed by atoms with Crippen LogP contribution in [0.5, 0.6) is 0 Å². The largest absolute Gasteiger partial charge is 0.382 e. The number of benzene rings is 1. The zero-order valence-corrected chi connectivity index (χ0v) is 12.5. The summed E-state index contributed by atoms with van der Waals surface area (Å²) in [6, 6.07) is 7.70. The van der Waals surface area contributed by atoms with Crippen molar-refractivity contribution in [1.29, 1.82) is 0 Å². The number of carbonyl (C=O) groups is 1. The highest BCUT2D eigenvalue weighted by atomic mass is 16.5. The summed E-state index contributed by atoms with van der Waals surface area (Å²) >= 11 is 0. The summed E-state index contributed by atoms with van der Waals surface area (Å²) in [5, 5.41) is 2.96. The molecule has 2 atom stereocenters. The van der Waals surface area contributed by atoms with Gasteiger partial charge in [-0.25, -0.2) is 0 Å². The average molecular weight is 292 g/mol. The average Bonchev–Trinajstić information content (AvgIpc) is 2.90. The minimum Gasteiger partial charge on any atom is -0.382 e. The number of hydrogen-bond acceptors (Lipinski definition) is 4. The Hall–Kier alpha value is -1.43. The lowest BCUT2D eigenvalue weighted by atomic mass is 10.0. The first kappa shape index (κ1) is 15.9. The number of carbonyl (C=O) groups excluding carboxylic acids is 1. The van der Waals surface area contributed by atoms with Gasteiger partial charge in [0.2, 0.25) is 5.91 Å². The zero-order valence-electron chi connectivity index (χ0n) is 12.5. The second-order valence-corrected chi connectivity index (χ2v) is 5.44. The number of ether oxygens (including phenoxy) is 2. The molecule has 0 bridgehead atoms. The molecule has 2 rings (SSSR count).